The number of amides is 8. The molecule has 4 aliphatic rings. The van der Waals surface area contributed by atoms with Crippen LogP contribution in [-0.4, -0.2) is 187 Å². The minimum atomic E-state index is -1.12. The summed E-state index contributed by atoms with van der Waals surface area (Å²) in [6.07, 6.45) is 1.55. The van der Waals surface area contributed by atoms with Crippen LogP contribution in [0.4, 0.5) is 0 Å². The van der Waals surface area contributed by atoms with Crippen LogP contribution in [0.15, 0.2) is 127 Å². The minimum absolute atomic E-state index is 0.0207. The molecule has 29 heteroatoms. The largest absolute Gasteiger partial charge is 0.508 e. The number of phenolic OH excluding ortho intramolecular Hbond substituents is 9. The second-order valence-electron chi connectivity index (χ2n) is 27.7. The smallest absolute Gasteiger partial charge is 0.329 e. The zero-order valence-corrected chi connectivity index (χ0v) is 63.1. The summed E-state index contributed by atoms with van der Waals surface area (Å²) < 4.78 is 20.3. The number of carbonyl (C=O) groups is 12. The average molecular weight is 1540 g/mol. The van der Waals surface area contributed by atoms with Crippen molar-refractivity contribution in [1.82, 2.24) is 19.6 Å². The molecule has 10 rings (SSSR count). The summed E-state index contributed by atoms with van der Waals surface area (Å²) in [7, 11) is 0. The molecular weight excluding hydrogens is 1440 g/mol. The van der Waals surface area contributed by atoms with Gasteiger partial charge in [0, 0.05) is 62.8 Å². The number of carbonyl (C=O) groups excluding carboxylic acids is 12. The third-order valence-electron chi connectivity index (χ3n) is 19.2. The molecule has 0 bridgehead atoms. The third kappa shape index (κ3) is 22.6. The molecule has 29 nitrogen and oxygen atoms in total. The van der Waals surface area contributed by atoms with Gasteiger partial charge in [0.2, 0.25) is 47.3 Å². The van der Waals surface area contributed by atoms with Crippen LogP contribution in [0.1, 0.15) is 127 Å². The molecule has 0 radical (unpaired) electrons. The number of nitrogens with zero attached hydrogens (tertiary/aromatic N) is 4. The molecular formula is C82H96N4O25. The topological polar surface area (TPSA) is 437 Å². The Kier molecular flexibility index (Phi) is 31.0. The van der Waals surface area contributed by atoms with E-state index in [0.29, 0.717) is 40.7 Å². The first kappa shape index (κ1) is 86.2. The van der Waals surface area contributed by atoms with E-state index in [1.165, 1.54) is 84.9 Å². The molecule has 8 amide bonds. The zero-order chi connectivity index (χ0) is 81.7. The van der Waals surface area contributed by atoms with E-state index in [4.69, 9.17) is 18.9 Å². The molecule has 9 N–H and O–H groups in total. The number of esters is 4. The second-order valence-corrected chi connectivity index (χ2v) is 27.7. The van der Waals surface area contributed by atoms with Crippen molar-refractivity contribution in [3.8, 4) is 51.7 Å². The summed E-state index contributed by atoms with van der Waals surface area (Å²) in [5, 5.41) is 86.8. The highest BCUT2D eigenvalue weighted by molar-refractivity contribution is 6.09. The number of benzene rings is 6. The summed E-state index contributed by atoms with van der Waals surface area (Å²) >= 11 is 0. The standard InChI is InChI=1S/C22H23NO7.C22H23NO6.2C19H25NO6/c1-2-30-22(29)18(9-13-3-6-16(24)7-4-13)23-20(27)11-15(21(23)28)10-14-5-8-17(25)12-19(14)26;1-2-29-22(28)18(10-14-6-4-3-5-7-14)23-20(26)12-16(21(23)27)11-15-8-9-17(24)13-19(15)25;1-4-26-19(25)15(7-11(2)3)20-17(23)9-13(18(20)24)8-12-5-6-14(21)10-16(12)22;1-4-11(3)17(19(25)26-5-2)20-16(23)9-13(18(20)24)8-12-6-7-14(21)10-15(12)22/h3-8,12,15,18,24-26H,2,9-11H2,1H3;3-9,13,16,18,24-25H,2,10-12H2,1H3;5-6,10-11,13,15,21-22H,4,7-9H2,1-3H3;6-7,10-11,13,17,21-22H,4-5,8-9H2,1-3H3. The second kappa shape index (κ2) is 39.9. The number of hydrogen-bond acceptors (Lipinski definition) is 25. The number of phenols is 9. The maximum Gasteiger partial charge on any atom is 0.329 e. The van der Waals surface area contributed by atoms with E-state index in [9.17, 15) is 103 Å². The number of likely N-dealkylation sites (tertiary alicyclic amines) is 4. The molecule has 0 spiro atoms. The van der Waals surface area contributed by atoms with Crippen molar-refractivity contribution in [1.29, 1.82) is 0 Å². The van der Waals surface area contributed by atoms with Gasteiger partial charge in [0.25, 0.3) is 0 Å². The van der Waals surface area contributed by atoms with Gasteiger partial charge in [-0.2, -0.15) is 0 Å². The Morgan fingerprint density at radius 3 is 0.946 bits per heavy atom. The molecule has 0 aromatic heterocycles. The number of rotatable bonds is 28. The molecule has 4 fully saturated rings. The van der Waals surface area contributed by atoms with Gasteiger partial charge in [-0.3, -0.25) is 58.0 Å². The fraction of sp³-hybridized carbons (Fsp3) is 0.415. The summed E-state index contributed by atoms with van der Waals surface area (Å²) in [5.41, 5.74) is 3.27. The van der Waals surface area contributed by atoms with Crippen LogP contribution in [0, 0.1) is 35.5 Å². The van der Waals surface area contributed by atoms with E-state index in [2.05, 4.69) is 0 Å². The van der Waals surface area contributed by atoms with Gasteiger partial charge in [-0.05, 0) is 141 Å². The summed E-state index contributed by atoms with van der Waals surface area (Å²) in [4.78, 5) is 156. The molecule has 4 saturated heterocycles. The molecule has 0 saturated carbocycles. The van der Waals surface area contributed by atoms with E-state index in [1.54, 1.807) is 46.8 Å². The van der Waals surface area contributed by atoms with Gasteiger partial charge in [-0.25, -0.2) is 19.2 Å². The van der Waals surface area contributed by atoms with Crippen molar-refractivity contribution < 1.29 is 122 Å². The number of imide groups is 4. The first-order valence-corrected chi connectivity index (χ1v) is 36.7. The van der Waals surface area contributed by atoms with Crippen molar-refractivity contribution in [3.05, 3.63) is 161 Å². The average Bonchev–Trinajstić information content (AvgIpc) is 1.67. The Balaban J connectivity index is 0.000000206. The first-order valence-electron chi connectivity index (χ1n) is 36.7. The molecule has 9 atom stereocenters. The first-order chi connectivity index (χ1) is 52.7. The maximum absolute atomic E-state index is 13.0. The van der Waals surface area contributed by atoms with Gasteiger partial charge in [0.05, 0.1) is 50.1 Å². The quantitative estimate of drug-likeness (QED) is 0.0127. The summed E-state index contributed by atoms with van der Waals surface area (Å²) in [6.45, 7) is 14.8. The minimum Gasteiger partial charge on any atom is -0.508 e. The van der Waals surface area contributed by atoms with E-state index < -0.39 is 119 Å². The lowest BCUT2D eigenvalue weighted by atomic mass is 9.96. The van der Waals surface area contributed by atoms with Crippen molar-refractivity contribution in [2.24, 2.45) is 35.5 Å². The van der Waals surface area contributed by atoms with Gasteiger partial charge < -0.3 is 64.9 Å². The van der Waals surface area contributed by atoms with Crippen LogP contribution in [0.25, 0.3) is 0 Å². The Hall–Kier alpha value is -12.0. The number of aromatic hydroxyl groups is 9. The third-order valence-corrected chi connectivity index (χ3v) is 19.2. The Labute approximate surface area is 641 Å². The Bertz CT molecular complexity index is 4350. The normalized spacial score (nSPS) is 18.1. The monoisotopic (exact) mass is 1540 g/mol. The molecule has 6 aromatic carbocycles. The van der Waals surface area contributed by atoms with Crippen LogP contribution in [0.2, 0.25) is 0 Å². The van der Waals surface area contributed by atoms with Crippen molar-refractivity contribution in [3.63, 3.8) is 0 Å². The van der Waals surface area contributed by atoms with Crippen LogP contribution < -0.4 is 0 Å². The van der Waals surface area contributed by atoms with Crippen LogP contribution >= 0.6 is 0 Å². The fourth-order valence-electron chi connectivity index (χ4n) is 13.5. The highest BCUT2D eigenvalue weighted by Gasteiger charge is 2.50. The highest BCUT2D eigenvalue weighted by atomic mass is 16.5. The van der Waals surface area contributed by atoms with Gasteiger partial charge in [0.1, 0.15) is 75.9 Å². The molecule has 4 heterocycles. The molecule has 594 valence electrons. The van der Waals surface area contributed by atoms with Gasteiger partial charge in [-0.15, -0.1) is 0 Å². The van der Waals surface area contributed by atoms with E-state index in [1.807, 2.05) is 51.1 Å². The van der Waals surface area contributed by atoms with Gasteiger partial charge in [-0.1, -0.05) is 101 Å². The lowest BCUT2D eigenvalue weighted by Gasteiger charge is -2.29. The van der Waals surface area contributed by atoms with Crippen molar-refractivity contribution in [2.45, 2.75) is 157 Å². The molecule has 9 unspecified atom stereocenters. The fourth-order valence-corrected chi connectivity index (χ4v) is 13.5. The number of ether oxygens (including phenoxy) is 4. The van der Waals surface area contributed by atoms with E-state index in [0.717, 1.165) is 25.2 Å². The lowest BCUT2D eigenvalue weighted by molar-refractivity contribution is -0.160. The van der Waals surface area contributed by atoms with Gasteiger partial charge >= 0.3 is 23.9 Å². The molecule has 111 heavy (non-hydrogen) atoms. The van der Waals surface area contributed by atoms with Crippen LogP contribution in [0.5, 0.6) is 51.7 Å². The summed E-state index contributed by atoms with van der Waals surface area (Å²) in [6, 6.07) is 27.6. The van der Waals surface area contributed by atoms with E-state index >= 15 is 0 Å². The van der Waals surface area contributed by atoms with Crippen LogP contribution in [0.3, 0.4) is 0 Å². The SMILES string of the molecule is CCOC(=O)C(C(C)CC)N1C(=O)CC(Cc2ccc(O)cc2O)C1=O.CCOC(=O)C(CC(C)C)N1C(=O)CC(Cc2ccc(O)cc2O)C1=O.CCOC(=O)C(Cc1ccc(O)cc1)N1C(=O)CC(Cc2ccc(O)cc2O)C1=O.CCOC(=O)C(Cc1ccccc1)N1C(=O)CC(Cc2ccc(O)cc2O)C1=O. The van der Waals surface area contributed by atoms with Crippen LogP contribution in [-0.2, 0) is 115 Å². The van der Waals surface area contributed by atoms with E-state index in [-0.39, 0.29) is 154 Å². The highest BCUT2D eigenvalue weighted by Crippen LogP contribution is 2.37. The zero-order valence-electron chi connectivity index (χ0n) is 63.1. The van der Waals surface area contributed by atoms with Gasteiger partial charge in [0.15, 0.2) is 0 Å². The number of hydrogen-bond donors (Lipinski definition) is 9. The van der Waals surface area contributed by atoms with Crippen molar-refractivity contribution in [2.75, 3.05) is 26.4 Å². The lowest BCUT2D eigenvalue weighted by Crippen LogP contribution is -2.49. The Morgan fingerprint density at radius 2 is 0.640 bits per heavy atom. The predicted octanol–water partition coefficient (Wildman–Crippen LogP) is 8.07. The molecule has 0 aliphatic carbocycles. The molecule has 6 aromatic rings. The maximum atomic E-state index is 13.0. The van der Waals surface area contributed by atoms with Crippen molar-refractivity contribution >= 4 is 71.1 Å². The predicted molar refractivity (Wildman–Crippen MR) is 396 cm³/mol. The molecule has 4 aliphatic heterocycles. The summed E-state index contributed by atoms with van der Waals surface area (Å²) in [5.74, 6) is -9.73. The Morgan fingerprint density at radius 1 is 0.360 bits per heavy atom.